The molecule has 0 saturated carbocycles. The van der Waals surface area contributed by atoms with Crippen LogP contribution in [0, 0.1) is 0 Å². The first-order valence-corrected chi connectivity index (χ1v) is 9.67. The van der Waals surface area contributed by atoms with Crippen LogP contribution in [-0.2, 0) is 11.2 Å². The van der Waals surface area contributed by atoms with E-state index in [0.717, 1.165) is 18.5 Å². The van der Waals surface area contributed by atoms with E-state index < -0.39 is 0 Å². The largest absolute Gasteiger partial charge is 0.354 e. The second kappa shape index (κ2) is 15.7. The number of hydrogen-bond acceptors (Lipinski definition) is 3. The summed E-state index contributed by atoms with van der Waals surface area (Å²) in [6.07, 6.45) is 8.67. The van der Waals surface area contributed by atoms with Crippen LogP contribution in [0.15, 0.2) is 29.4 Å². The lowest BCUT2D eigenvalue weighted by molar-refractivity contribution is -0.128. The molecule has 154 valence electrons. The number of pyridine rings is 1. The van der Waals surface area contributed by atoms with Crippen LogP contribution in [0.2, 0.25) is 0 Å². The normalized spacial score (nSPS) is 12.1. The quantitative estimate of drug-likeness (QED) is 0.217. The second-order valence-electron chi connectivity index (χ2n) is 6.71. The van der Waals surface area contributed by atoms with E-state index >= 15 is 0 Å². The highest BCUT2D eigenvalue weighted by molar-refractivity contribution is 14.0. The Kier molecular flexibility index (Phi) is 14.9. The number of nitrogens with one attached hydrogen (secondary N) is 2. The fourth-order valence-corrected chi connectivity index (χ4v) is 2.62. The van der Waals surface area contributed by atoms with Crippen molar-refractivity contribution in [3.63, 3.8) is 0 Å². The molecule has 1 aromatic rings. The number of unbranched alkanes of at least 4 members (excludes halogenated alkanes) is 3. The molecule has 27 heavy (non-hydrogen) atoms. The molecule has 1 atom stereocenters. The number of hydrogen-bond donors (Lipinski definition) is 2. The Labute approximate surface area is 181 Å². The Hall–Kier alpha value is -1.38. The van der Waals surface area contributed by atoms with E-state index in [9.17, 15) is 4.79 Å². The zero-order chi connectivity index (χ0) is 19.2. The van der Waals surface area contributed by atoms with E-state index in [2.05, 4.69) is 34.5 Å². The van der Waals surface area contributed by atoms with Crippen LogP contribution in [0.25, 0.3) is 0 Å². The van der Waals surface area contributed by atoms with Gasteiger partial charge in [0.25, 0.3) is 0 Å². The average Bonchev–Trinajstić information content (AvgIpc) is 2.67. The summed E-state index contributed by atoms with van der Waals surface area (Å²) in [5.41, 5.74) is 0.995. The van der Waals surface area contributed by atoms with Crippen LogP contribution >= 0.6 is 24.0 Å². The van der Waals surface area contributed by atoms with Gasteiger partial charge < -0.3 is 15.5 Å². The van der Waals surface area contributed by atoms with Gasteiger partial charge in [-0.1, -0.05) is 38.7 Å². The van der Waals surface area contributed by atoms with Crippen LogP contribution in [0.5, 0.6) is 0 Å². The molecule has 1 aromatic heterocycles. The molecule has 0 spiro atoms. The molecular weight excluding hydrogens is 453 g/mol. The maximum absolute atomic E-state index is 12.3. The van der Waals surface area contributed by atoms with Crippen molar-refractivity contribution in [1.82, 2.24) is 20.5 Å². The van der Waals surface area contributed by atoms with Crippen LogP contribution in [0.4, 0.5) is 0 Å². The molecule has 6 nitrogen and oxygen atoms in total. The van der Waals surface area contributed by atoms with Gasteiger partial charge >= 0.3 is 0 Å². The van der Waals surface area contributed by atoms with Gasteiger partial charge in [-0.2, -0.15) is 0 Å². The van der Waals surface area contributed by atoms with E-state index in [1.807, 2.05) is 25.2 Å². The van der Waals surface area contributed by atoms with Gasteiger partial charge in [0.15, 0.2) is 5.96 Å². The Balaban J connectivity index is 0.00000676. The second-order valence-corrected chi connectivity index (χ2v) is 6.71. The van der Waals surface area contributed by atoms with Crippen LogP contribution in [0.3, 0.4) is 0 Å². The van der Waals surface area contributed by atoms with Crippen molar-refractivity contribution in [3.8, 4) is 0 Å². The molecule has 0 saturated heterocycles. The Bertz CT molecular complexity index is 538. The van der Waals surface area contributed by atoms with Gasteiger partial charge in [0.2, 0.25) is 5.91 Å². The summed E-state index contributed by atoms with van der Waals surface area (Å²) >= 11 is 0. The molecule has 7 heteroatoms. The Morgan fingerprint density at radius 3 is 2.70 bits per heavy atom. The minimum Gasteiger partial charge on any atom is -0.354 e. The number of carbonyl (C=O) groups is 1. The zero-order valence-electron chi connectivity index (χ0n) is 17.2. The maximum atomic E-state index is 12.3. The van der Waals surface area contributed by atoms with Crippen molar-refractivity contribution < 1.29 is 4.79 Å². The molecule has 1 heterocycles. The van der Waals surface area contributed by atoms with Gasteiger partial charge in [-0.05, 0) is 25.5 Å². The van der Waals surface area contributed by atoms with E-state index in [4.69, 9.17) is 0 Å². The molecule has 0 radical (unpaired) electrons. The lowest BCUT2D eigenvalue weighted by Crippen LogP contribution is -2.46. The topological polar surface area (TPSA) is 69.6 Å². The maximum Gasteiger partial charge on any atom is 0.241 e. The average molecular weight is 489 g/mol. The molecule has 0 aromatic carbocycles. The third kappa shape index (κ3) is 11.8. The molecule has 2 N–H and O–H groups in total. The predicted molar refractivity (Wildman–Crippen MR) is 124 cm³/mol. The van der Waals surface area contributed by atoms with E-state index in [-0.39, 0.29) is 36.4 Å². The summed E-state index contributed by atoms with van der Waals surface area (Å²) in [4.78, 5) is 22.5. The van der Waals surface area contributed by atoms with Crippen LogP contribution in [-0.4, -0.2) is 55.0 Å². The molecule has 0 aliphatic heterocycles. The van der Waals surface area contributed by atoms with Gasteiger partial charge in [0, 0.05) is 45.0 Å². The summed E-state index contributed by atoms with van der Waals surface area (Å²) in [5, 5.41) is 6.47. The fourth-order valence-electron chi connectivity index (χ4n) is 2.62. The standard InChI is InChI=1S/C20H35N5O.HI/c1-5-6-7-8-11-17(2)24-20(21-3)23-16-19(26)25(4)15-13-18-12-9-10-14-22-18;/h9-10,12,14,17H,5-8,11,13,15-16H2,1-4H3,(H2,21,23,24);1H. The van der Waals surface area contributed by atoms with Gasteiger partial charge in [0.1, 0.15) is 0 Å². The number of aromatic nitrogens is 1. The van der Waals surface area contributed by atoms with Crippen molar-refractivity contribution in [1.29, 1.82) is 0 Å². The molecule has 1 amide bonds. The molecule has 0 fully saturated rings. The van der Waals surface area contributed by atoms with Crippen LogP contribution in [0.1, 0.15) is 51.6 Å². The van der Waals surface area contributed by atoms with Crippen molar-refractivity contribution in [3.05, 3.63) is 30.1 Å². The summed E-state index contributed by atoms with van der Waals surface area (Å²) in [5.74, 6) is 0.721. The van der Waals surface area contributed by atoms with Crippen molar-refractivity contribution in [2.75, 3.05) is 27.2 Å². The lowest BCUT2D eigenvalue weighted by Gasteiger charge is -2.20. The van der Waals surface area contributed by atoms with E-state index in [1.165, 1.54) is 25.7 Å². The van der Waals surface area contributed by atoms with Gasteiger partial charge in [-0.25, -0.2) is 0 Å². The highest BCUT2D eigenvalue weighted by atomic mass is 127. The first-order valence-electron chi connectivity index (χ1n) is 9.67. The Morgan fingerprint density at radius 2 is 2.07 bits per heavy atom. The number of likely N-dealkylation sites (N-methyl/N-ethyl adjacent to an activating group) is 1. The molecule has 1 unspecified atom stereocenters. The summed E-state index contributed by atoms with van der Waals surface area (Å²) < 4.78 is 0. The molecule has 1 rings (SSSR count). The third-order valence-corrected chi connectivity index (χ3v) is 4.36. The smallest absolute Gasteiger partial charge is 0.241 e. The van der Waals surface area contributed by atoms with Gasteiger partial charge in [-0.15, -0.1) is 24.0 Å². The van der Waals surface area contributed by atoms with Crippen molar-refractivity contribution in [2.24, 2.45) is 4.99 Å². The number of amides is 1. The summed E-state index contributed by atoms with van der Waals surface area (Å²) in [6.45, 7) is 5.26. The van der Waals surface area contributed by atoms with Crippen molar-refractivity contribution >= 4 is 35.8 Å². The number of nitrogens with zero attached hydrogens (tertiary/aromatic N) is 3. The lowest BCUT2D eigenvalue weighted by atomic mass is 10.1. The fraction of sp³-hybridized carbons (Fsp3) is 0.650. The first kappa shape index (κ1) is 25.6. The number of halogens is 1. The minimum absolute atomic E-state index is 0. The Morgan fingerprint density at radius 1 is 1.30 bits per heavy atom. The van der Waals surface area contributed by atoms with E-state index in [1.54, 1.807) is 18.1 Å². The highest BCUT2D eigenvalue weighted by Crippen LogP contribution is 2.05. The zero-order valence-corrected chi connectivity index (χ0v) is 19.5. The highest BCUT2D eigenvalue weighted by Gasteiger charge is 2.11. The number of rotatable bonds is 11. The van der Waals surface area contributed by atoms with Gasteiger partial charge in [-0.3, -0.25) is 14.8 Å². The first-order chi connectivity index (χ1) is 12.6. The van der Waals surface area contributed by atoms with Crippen LogP contribution < -0.4 is 10.6 Å². The predicted octanol–water partition coefficient (Wildman–Crippen LogP) is 3.22. The number of aliphatic imine (C=N–C) groups is 1. The molecule has 0 aliphatic rings. The number of guanidine groups is 1. The molecular formula is C20H36IN5O. The number of carbonyl (C=O) groups excluding carboxylic acids is 1. The summed E-state index contributed by atoms with van der Waals surface area (Å²) in [6, 6.07) is 6.18. The SMILES string of the molecule is CCCCCCC(C)NC(=NC)NCC(=O)N(C)CCc1ccccn1.I. The summed E-state index contributed by atoms with van der Waals surface area (Å²) in [7, 11) is 3.55. The van der Waals surface area contributed by atoms with Gasteiger partial charge in [0.05, 0.1) is 6.54 Å². The monoisotopic (exact) mass is 489 g/mol. The minimum atomic E-state index is 0. The third-order valence-electron chi connectivity index (χ3n) is 4.36. The molecule has 0 aliphatic carbocycles. The molecule has 0 bridgehead atoms. The van der Waals surface area contributed by atoms with Crippen molar-refractivity contribution in [2.45, 2.75) is 58.4 Å². The van der Waals surface area contributed by atoms with E-state index in [0.29, 0.717) is 18.5 Å².